The van der Waals surface area contributed by atoms with E-state index in [4.69, 9.17) is 0 Å². The Morgan fingerprint density at radius 1 is 1.29 bits per heavy atom. The zero-order valence-corrected chi connectivity index (χ0v) is 11.5. The maximum absolute atomic E-state index is 12.8. The van der Waals surface area contributed by atoms with Gasteiger partial charge in [-0.1, -0.05) is 12.1 Å². The third-order valence-corrected chi connectivity index (χ3v) is 3.21. The van der Waals surface area contributed by atoms with Crippen LogP contribution in [-0.4, -0.2) is 15.3 Å². The van der Waals surface area contributed by atoms with E-state index in [1.165, 1.54) is 12.1 Å². The van der Waals surface area contributed by atoms with Crippen LogP contribution in [0.5, 0.6) is 0 Å². The molecule has 21 heavy (non-hydrogen) atoms. The number of imidazole rings is 1. The van der Waals surface area contributed by atoms with Crippen molar-refractivity contribution in [2.75, 3.05) is 0 Å². The first-order valence-electron chi connectivity index (χ1n) is 6.60. The largest absolute Gasteiger partial charge is 0.348 e. The second kappa shape index (κ2) is 5.36. The smallest absolute Gasteiger partial charge is 0.255 e. The van der Waals surface area contributed by atoms with Crippen molar-refractivity contribution in [2.24, 2.45) is 0 Å². The average Bonchev–Trinajstić information content (AvgIpc) is 2.86. The number of aromatic nitrogens is 2. The summed E-state index contributed by atoms with van der Waals surface area (Å²) < 4.78 is 14.7. The molecule has 2 heterocycles. The Morgan fingerprint density at radius 3 is 2.81 bits per heavy atom. The molecule has 0 saturated carbocycles. The molecule has 0 saturated heterocycles. The van der Waals surface area contributed by atoms with Gasteiger partial charge in [-0.25, -0.2) is 9.37 Å². The minimum absolute atomic E-state index is 0.199. The minimum Gasteiger partial charge on any atom is -0.348 e. The van der Waals surface area contributed by atoms with Gasteiger partial charge in [-0.15, -0.1) is 0 Å². The quantitative estimate of drug-likeness (QED) is 0.803. The number of nitrogens with zero attached hydrogens (tertiary/aromatic N) is 2. The van der Waals surface area contributed by atoms with Gasteiger partial charge in [0.25, 0.3) is 5.91 Å². The van der Waals surface area contributed by atoms with Crippen LogP contribution in [-0.2, 0) is 6.54 Å². The molecule has 1 N–H and O–H groups in total. The van der Waals surface area contributed by atoms with E-state index in [1.54, 1.807) is 24.3 Å². The molecule has 3 aromatic rings. The number of pyridine rings is 1. The van der Waals surface area contributed by atoms with Crippen LogP contribution in [0.3, 0.4) is 0 Å². The maximum atomic E-state index is 12.8. The third-order valence-electron chi connectivity index (χ3n) is 3.21. The molecule has 1 aromatic carbocycles. The number of carbonyl (C=O) groups is 1. The molecule has 5 heteroatoms. The first kappa shape index (κ1) is 13.3. The predicted octanol–water partition coefficient (Wildman–Crippen LogP) is 2.71. The lowest BCUT2D eigenvalue weighted by molar-refractivity contribution is 0.0952. The Bertz CT molecular complexity index is 793. The van der Waals surface area contributed by atoms with E-state index < -0.39 is 0 Å². The van der Waals surface area contributed by atoms with E-state index in [2.05, 4.69) is 10.3 Å². The summed E-state index contributed by atoms with van der Waals surface area (Å²) in [5.41, 5.74) is 2.85. The number of aryl methyl sites for hydroxylation is 1. The number of rotatable bonds is 3. The molecule has 0 aliphatic carbocycles. The number of benzene rings is 1. The van der Waals surface area contributed by atoms with Gasteiger partial charge in [-0.2, -0.15) is 0 Å². The highest BCUT2D eigenvalue weighted by atomic mass is 19.1. The summed E-state index contributed by atoms with van der Waals surface area (Å²) in [5.74, 6) is -0.488. The van der Waals surface area contributed by atoms with Crippen molar-refractivity contribution in [1.29, 1.82) is 0 Å². The van der Waals surface area contributed by atoms with Crippen molar-refractivity contribution >= 4 is 11.6 Å². The standard InChI is InChI=1S/C16H14FN3O/c1-11-10-20-8-2-3-14(15(20)19-11)16(21)18-9-12-4-6-13(17)7-5-12/h2-8,10H,9H2,1H3,(H,18,21). The second-order valence-electron chi connectivity index (χ2n) is 4.84. The second-order valence-corrected chi connectivity index (χ2v) is 4.84. The van der Waals surface area contributed by atoms with Gasteiger partial charge < -0.3 is 9.72 Å². The summed E-state index contributed by atoms with van der Waals surface area (Å²) in [4.78, 5) is 16.6. The SMILES string of the molecule is Cc1cn2cccc(C(=O)NCc3ccc(F)cc3)c2n1. The lowest BCUT2D eigenvalue weighted by Crippen LogP contribution is -2.23. The Hall–Kier alpha value is -2.69. The highest BCUT2D eigenvalue weighted by Gasteiger charge is 2.11. The van der Waals surface area contributed by atoms with Gasteiger partial charge in [0.1, 0.15) is 11.5 Å². The zero-order valence-electron chi connectivity index (χ0n) is 11.5. The first-order valence-corrected chi connectivity index (χ1v) is 6.60. The van der Waals surface area contributed by atoms with Gasteiger partial charge in [0.05, 0.1) is 11.3 Å². The van der Waals surface area contributed by atoms with Crippen LogP contribution in [0.4, 0.5) is 4.39 Å². The number of nitrogens with one attached hydrogen (secondary N) is 1. The van der Waals surface area contributed by atoms with Crippen LogP contribution in [0.25, 0.3) is 5.65 Å². The van der Waals surface area contributed by atoms with Crippen molar-refractivity contribution in [2.45, 2.75) is 13.5 Å². The molecule has 0 spiro atoms. The molecule has 0 bridgehead atoms. The summed E-state index contributed by atoms with van der Waals surface area (Å²) in [6.07, 6.45) is 3.72. The van der Waals surface area contributed by atoms with E-state index in [0.29, 0.717) is 17.8 Å². The molecule has 106 valence electrons. The topological polar surface area (TPSA) is 46.4 Å². The molecule has 0 atom stereocenters. The van der Waals surface area contributed by atoms with Gasteiger partial charge in [0.2, 0.25) is 0 Å². The normalized spacial score (nSPS) is 10.8. The van der Waals surface area contributed by atoms with E-state index in [1.807, 2.05) is 23.7 Å². The Balaban J connectivity index is 1.79. The molecule has 0 aliphatic rings. The third kappa shape index (κ3) is 2.76. The van der Waals surface area contributed by atoms with E-state index in [-0.39, 0.29) is 11.7 Å². The Labute approximate surface area is 121 Å². The van der Waals surface area contributed by atoms with Gasteiger partial charge in [0.15, 0.2) is 0 Å². The number of halogens is 1. The highest BCUT2D eigenvalue weighted by Crippen LogP contribution is 2.11. The molecule has 0 radical (unpaired) electrons. The van der Waals surface area contributed by atoms with Gasteiger partial charge in [0, 0.05) is 18.9 Å². The molecule has 0 unspecified atom stereocenters. The van der Waals surface area contributed by atoms with E-state index in [9.17, 15) is 9.18 Å². The van der Waals surface area contributed by atoms with E-state index in [0.717, 1.165) is 11.3 Å². The van der Waals surface area contributed by atoms with Crippen molar-refractivity contribution in [3.05, 3.63) is 71.4 Å². The minimum atomic E-state index is -0.289. The number of hydrogen-bond acceptors (Lipinski definition) is 2. The molecular weight excluding hydrogens is 269 g/mol. The van der Waals surface area contributed by atoms with Crippen LogP contribution >= 0.6 is 0 Å². The summed E-state index contributed by atoms with van der Waals surface area (Å²) in [7, 11) is 0. The molecule has 2 aromatic heterocycles. The summed E-state index contributed by atoms with van der Waals surface area (Å²) in [6.45, 7) is 2.23. The van der Waals surface area contributed by atoms with Crippen molar-refractivity contribution in [1.82, 2.24) is 14.7 Å². The summed E-state index contributed by atoms with van der Waals surface area (Å²) in [5, 5.41) is 2.82. The molecule has 0 aliphatic heterocycles. The lowest BCUT2D eigenvalue weighted by Gasteiger charge is -2.06. The molecule has 3 rings (SSSR count). The maximum Gasteiger partial charge on any atom is 0.255 e. The monoisotopic (exact) mass is 283 g/mol. The fourth-order valence-corrected chi connectivity index (χ4v) is 2.19. The van der Waals surface area contributed by atoms with Gasteiger partial charge in [-0.05, 0) is 36.8 Å². The molecule has 1 amide bonds. The number of carbonyl (C=O) groups excluding carboxylic acids is 1. The van der Waals surface area contributed by atoms with Crippen LogP contribution in [0, 0.1) is 12.7 Å². The first-order chi connectivity index (χ1) is 10.1. The number of fused-ring (bicyclic) bond motifs is 1. The Kier molecular flexibility index (Phi) is 3.39. The lowest BCUT2D eigenvalue weighted by atomic mass is 10.2. The zero-order chi connectivity index (χ0) is 14.8. The highest BCUT2D eigenvalue weighted by molar-refractivity contribution is 5.99. The predicted molar refractivity (Wildman–Crippen MR) is 77.5 cm³/mol. The number of amides is 1. The fourth-order valence-electron chi connectivity index (χ4n) is 2.19. The number of hydrogen-bond donors (Lipinski definition) is 1. The average molecular weight is 283 g/mol. The van der Waals surface area contributed by atoms with Gasteiger partial charge in [-0.3, -0.25) is 4.79 Å². The molecule has 0 fully saturated rings. The van der Waals surface area contributed by atoms with Crippen molar-refractivity contribution in [3.63, 3.8) is 0 Å². The molecular formula is C16H14FN3O. The Morgan fingerprint density at radius 2 is 2.05 bits per heavy atom. The van der Waals surface area contributed by atoms with Crippen molar-refractivity contribution < 1.29 is 9.18 Å². The van der Waals surface area contributed by atoms with Crippen LogP contribution in [0.2, 0.25) is 0 Å². The summed E-state index contributed by atoms with van der Waals surface area (Å²) in [6, 6.07) is 9.59. The van der Waals surface area contributed by atoms with E-state index >= 15 is 0 Å². The van der Waals surface area contributed by atoms with Gasteiger partial charge >= 0.3 is 0 Å². The van der Waals surface area contributed by atoms with Crippen LogP contribution in [0.1, 0.15) is 21.6 Å². The fraction of sp³-hybridized carbons (Fsp3) is 0.125. The van der Waals surface area contributed by atoms with Crippen molar-refractivity contribution in [3.8, 4) is 0 Å². The molecule has 4 nitrogen and oxygen atoms in total. The van der Waals surface area contributed by atoms with Crippen LogP contribution < -0.4 is 5.32 Å². The summed E-state index contributed by atoms with van der Waals surface area (Å²) >= 11 is 0. The van der Waals surface area contributed by atoms with Crippen LogP contribution in [0.15, 0.2) is 48.8 Å².